The number of hydrogen-bond acceptors (Lipinski definition) is 3. The zero-order valence-corrected chi connectivity index (χ0v) is 14.0. The van der Waals surface area contributed by atoms with Crippen molar-refractivity contribution < 1.29 is 8.42 Å². The first kappa shape index (κ1) is 16.5. The van der Waals surface area contributed by atoms with E-state index in [0.717, 1.165) is 25.8 Å². The predicted octanol–water partition coefficient (Wildman–Crippen LogP) is 1.21. The molecule has 2 aliphatic rings. The van der Waals surface area contributed by atoms with Crippen LogP contribution in [0.4, 0.5) is 0 Å². The summed E-state index contributed by atoms with van der Waals surface area (Å²) in [6.45, 7) is 5.34. The molecular formula is C13H26ClN3O2S. The molecule has 118 valence electrons. The molecule has 2 unspecified atom stereocenters. The third kappa shape index (κ3) is 3.47. The summed E-state index contributed by atoms with van der Waals surface area (Å²) in [4.78, 5) is 2.25. The summed E-state index contributed by atoms with van der Waals surface area (Å²) < 4.78 is 28.8. The van der Waals surface area contributed by atoms with Crippen LogP contribution in [0.5, 0.6) is 0 Å². The molecule has 2 saturated heterocycles. The summed E-state index contributed by atoms with van der Waals surface area (Å²) in [5.41, 5.74) is 0. The van der Waals surface area contributed by atoms with Gasteiger partial charge in [-0.1, -0.05) is 6.92 Å². The third-order valence-electron chi connectivity index (χ3n) is 4.56. The van der Waals surface area contributed by atoms with Crippen LogP contribution in [0, 0.1) is 5.92 Å². The molecule has 2 atom stereocenters. The van der Waals surface area contributed by atoms with Crippen molar-refractivity contribution in [3.8, 4) is 0 Å². The number of hydrogen-bond donors (Lipinski definition) is 0. The second-order valence-electron chi connectivity index (χ2n) is 5.93. The fraction of sp³-hybridized carbons (Fsp3) is 1.00. The largest absolute Gasteiger partial charge is 0.301 e. The van der Waals surface area contributed by atoms with Crippen LogP contribution in [0.15, 0.2) is 0 Å². The van der Waals surface area contributed by atoms with E-state index < -0.39 is 10.2 Å². The highest BCUT2D eigenvalue weighted by Crippen LogP contribution is 2.23. The SMILES string of the molecule is CCC1CN(S(=O)(=O)N2CCCC(CCl)C2)CCN1C. The van der Waals surface area contributed by atoms with Crippen LogP contribution in [-0.4, -0.2) is 73.6 Å². The van der Waals surface area contributed by atoms with Crippen LogP contribution in [0.2, 0.25) is 0 Å². The molecule has 0 aromatic heterocycles. The molecular weight excluding hydrogens is 298 g/mol. The van der Waals surface area contributed by atoms with Gasteiger partial charge >= 0.3 is 0 Å². The van der Waals surface area contributed by atoms with E-state index in [9.17, 15) is 8.42 Å². The Morgan fingerprint density at radius 3 is 2.50 bits per heavy atom. The number of alkyl halides is 1. The van der Waals surface area contributed by atoms with Crippen LogP contribution in [0.3, 0.4) is 0 Å². The lowest BCUT2D eigenvalue weighted by atomic mass is 10.0. The van der Waals surface area contributed by atoms with Gasteiger partial charge in [0, 0.05) is 44.6 Å². The average Bonchev–Trinajstić information content (AvgIpc) is 2.47. The van der Waals surface area contributed by atoms with Crippen LogP contribution < -0.4 is 0 Å². The van der Waals surface area contributed by atoms with Crippen LogP contribution in [-0.2, 0) is 10.2 Å². The Morgan fingerprint density at radius 2 is 1.85 bits per heavy atom. The summed E-state index contributed by atoms with van der Waals surface area (Å²) in [5, 5.41) is 0. The maximum atomic E-state index is 12.8. The highest BCUT2D eigenvalue weighted by atomic mass is 35.5. The van der Waals surface area contributed by atoms with Gasteiger partial charge in [0.1, 0.15) is 0 Å². The molecule has 0 spiro atoms. The lowest BCUT2D eigenvalue weighted by Crippen LogP contribution is -2.57. The molecule has 7 heteroatoms. The number of nitrogens with zero attached hydrogens (tertiary/aromatic N) is 3. The van der Waals surface area contributed by atoms with Gasteiger partial charge in [-0.2, -0.15) is 17.0 Å². The van der Waals surface area contributed by atoms with Gasteiger partial charge in [-0.25, -0.2) is 0 Å². The topological polar surface area (TPSA) is 43.9 Å². The first-order chi connectivity index (χ1) is 9.48. The second-order valence-corrected chi connectivity index (χ2v) is 8.17. The monoisotopic (exact) mass is 323 g/mol. The molecule has 0 bridgehead atoms. The molecule has 2 heterocycles. The summed E-state index contributed by atoms with van der Waals surface area (Å²) in [6.07, 6.45) is 2.93. The predicted molar refractivity (Wildman–Crippen MR) is 82.2 cm³/mol. The quantitative estimate of drug-likeness (QED) is 0.730. The molecule has 0 aromatic carbocycles. The van der Waals surface area contributed by atoms with Gasteiger partial charge in [-0.3, -0.25) is 0 Å². The van der Waals surface area contributed by atoms with E-state index in [1.165, 1.54) is 0 Å². The maximum absolute atomic E-state index is 12.8. The lowest BCUT2D eigenvalue weighted by Gasteiger charge is -2.41. The van der Waals surface area contributed by atoms with Crippen molar-refractivity contribution in [2.24, 2.45) is 5.92 Å². The van der Waals surface area contributed by atoms with Gasteiger partial charge in [-0.15, -0.1) is 11.6 Å². The summed E-state index contributed by atoms with van der Waals surface area (Å²) >= 11 is 5.90. The Kier molecular flexibility index (Phi) is 5.71. The lowest BCUT2D eigenvalue weighted by molar-refractivity contribution is 0.135. The summed E-state index contributed by atoms with van der Waals surface area (Å²) in [5.74, 6) is 0.849. The molecule has 2 aliphatic heterocycles. The first-order valence-corrected chi connectivity index (χ1v) is 9.43. The molecule has 0 amide bonds. The number of likely N-dealkylation sites (N-methyl/N-ethyl adjacent to an activating group) is 1. The molecule has 20 heavy (non-hydrogen) atoms. The zero-order valence-electron chi connectivity index (χ0n) is 12.5. The van der Waals surface area contributed by atoms with Crippen molar-refractivity contribution in [1.82, 2.24) is 13.5 Å². The smallest absolute Gasteiger partial charge is 0.282 e. The van der Waals surface area contributed by atoms with Crippen molar-refractivity contribution in [2.75, 3.05) is 45.7 Å². The molecule has 0 aliphatic carbocycles. The van der Waals surface area contributed by atoms with E-state index in [4.69, 9.17) is 11.6 Å². The van der Waals surface area contributed by atoms with E-state index in [2.05, 4.69) is 18.9 Å². The Labute approximate surface area is 128 Å². The molecule has 0 aromatic rings. The van der Waals surface area contributed by atoms with Gasteiger partial charge in [0.25, 0.3) is 10.2 Å². The number of piperidine rings is 1. The van der Waals surface area contributed by atoms with Crippen LogP contribution in [0.1, 0.15) is 26.2 Å². The van der Waals surface area contributed by atoms with Gasteiger partial charge in [0.05, 0.1) is 0 Å². The Bertz CT molecular complexity index is 418. The normalized spacial score (nSPS) is 31.6. The van der Waals surface area contributed by atoms with Gasteiger partial charge in [0.2, 0.25) is 0 Å². The number of piperazine rings is 1. The van der Waals surface area contributed by atoms with E-state index >= 15 is 0 Å². The molecule has 2 rings (SSSR count). The molecule has 5 nitrogen and oxygen atoms in total. The second kappa shape index (κ2) is 6.92. The van der Waals surface area contributed by atoms with E-state index in [0.29, 0.717) is 44.0 Å². The minimum absolute atomic E-state index is 0.301. The number of rotatable bonds is 4. The standard InChI is InChI=1S/C13H26ClN3O2S/c1-3-13-11-17(8-7-15(13)2)20(18,19)16-6-4-5-12(9-14)10-16/h12-13H,3-11H2,1-2H3. The Morgan fingerprint density at radius 1 is 1.15 bits per heavy atom. The Hall–Kier alpha value is 0.120. The summed E-state index contributed by atoms with van der Waals surface area (Å²) in [7, 11) is -1.24. The van der Waals surface area contributed by atoms with Crippen molar-refractivity contribution in [3.05, 3.63) is 0 Å². The van der Waals surface area contributed by atoms with Crippen LogP contribution in [0.25, 0.3) is 0 Å². The molecule has 0 radical (unpaired) electrons. The third-order valence-corrected chi connectivity index (χ3v) is 6.97. The summed E-state index contributed by atoms with van der Waals surface area (Å²) in [6, 6.07) is 0.326. The fourth-order valence-corrected chi connectivity index (χ4v) is 5.10. The average molecular weight is 324 g/mol. The maximum Gasteiger partial charge on any atom is 0.282 e. The first-order valence-electron chi connectivity index (χ1n) is 7.50. The Balaban J connectivity index is 2.06. The molecule has 0 N–H and O–H groups in total. The highest BCUT2D eigenvalue weighted by Gasteiger charge is 2.36. The van der Waals surface area contributed by atoms with Crippen molar-refractivity contribution in [1.29, 1.82) is 0 Å². The van der Waals surface area contributed by atoms with Crippen molar-refractivity contribution in [2.45, 2.75) is 32.2 Å². The number of halogens is 1. The van der Waals surface area contributed by atoms with Crippen LogP contribution >= 0.6 is 11.6 Å². The highest BCUT2D eigenvalue weighted by molar-refractivity contribution is 7.86. The van der Waals surface area contributed by atoms with Gasteiger partial charge in [0.15, 0.2) is 0 Å². The van der Waals surface area contributed by atoms with E-state index in [1.54, 1.807) is 8.61 Å². The minimum Gasteiger partial charge on any atom is -0.301 e. The van der Waals surface area contributed by atoms with Gasteiger partial charge in [-0.05, 0) is 32.2 Å². The van der Waals surface area contributed by atoms with Crippen molar-refractivity contribution >= 4 is 21.8 Å². The van der Waals surface area contributed by atoms with Crippen molar-refractivity contribution in [3.63, 3.8) is 0 Å². The van der Waals surface area contributed by atoms with E-state index in [-0.39, 0.29) is 0 Å². The minimum atomic E-state index is -3.31. The van der Waals surface area contributed by atoms with E-state index in [1.807, 2.05) is 0 Å². The zero-order chi connectivity index (χ0) is 14.8. The molecule has 0 saturated carbocycles. The fourth-order valence-electron chi connectivity index (χ4n) is 3.09. The van der Waals surface area contributed by atoms with Gasteiger partial charge < -0.3 is 4.90 Å². The molecule has 2 fully saturated rings.